The van der Waals surface area contributed by atoms with E-state index in [-0.39, 0.29) is 30.2 Å². The standard InChI is InChI=1S/C17H24N2O4/c20-12-6-2-1-5-11(12)9-18-14-13-10-22-17(23-13)15(16(14)21)19-7-3-4-8-19/h1-2,5-6,13-18,20-21H,3-4,7-10H2/t13-,14-,15+,16-,17+/m0/s1. The van der Waals surface area contributed by atoms with Crippen molar-refractivity contribution in [1.29, 1.82) is 0 Å². The summed E-state index contributed by atoms with van der Waals surface area (Å²) in [6, 6.07) is 6.94. The molecule has 23 heavy (non-hydrogen) atoms. The molecule has 1 aromatic rings. The number of ether oxygens (including phenoxy) is 2. The Morgan fingerprint density at radius 2 is 2.00 bits per heavy atom. The summed E-state index contributed by atoms with van der Waals surface area (Å²) in [6.07, 6.45) is 1.33. The summed E-state index contributed by atoms with van der Waals surface area (Å²) in [5, 5.41) is 24.2. The molecule has 2 bridgehead atoms. The summed E-state index contributed by atoms with van der Waals surface area (Å²) in [4.78, 5) is 2.28. The van der Waals surface area contributed by atoms with Crippen LogP contribution in [0.1, 0.15) is 18.4 Å². The fourth-order valence-corrected chi connectivity index (χ4v) is 3.97. The van der Waals surface area contributed by atoms with E-state index in [1.165, 1.54) is 0 Å². The largest absolute Gasteiger partial charge is 0.508 e. The van der Waals surface area contributed by atoms with Crippen molar-refractivity contribution in [1.82, 2.24) is 10.2 Å². The molecule has 0 saturated carbocycles. The van der Waals surface area contributed by atoms with Crippen LogP contribution in [-0.2, 0) is 16.0 Å². The number of aliphatic hydroxyl groups is 1. The molecular weight excluding hydrogens is 296 g/mol. The van der Waals surface area contributed by atoms with Gasteiger partial charge in [-0.3, -0.25) is 4.90 Å². The van der Waals surface area contributed by atoms with Gasteiger partial charge in [0.25, 0.3) is 0 Å². The number of aromatic hydroxyl groups is 1. The molecule has 0 amide bonds. The summed E-state index contributed by atoms with van der Waals surface area (Å²) in [5.74, 6) is 0.267. The van der Waals surface area contributed by atoms with Gasteiger partial charge in [0.1, 0.15) is 11.9 Å². The maximum Gasteiger partial charge on any atom is 0.176 e. The maximum absolute atomic E-state index is 10.9. The van der Waals surface area contributed by atoms with E-state index in [0.717, 1.165) is 31.5 Å². The quantitative estimate of drug-likeness (QED) is 0.747. The summed E-state index contributed by atoms with van der Waals surface area (Å²) in [7, 11) is 0. The predicted octanol–water partition coefficient (Wildman–Crippen LogP) is 0.431. The highest BCUT2D eigenvalue weighted by Gasteiger charge is 2.52. The Kier molecular flexibility index (Phi) is 4.26. The van der Waals surface area contributed by atoms with E-state index in [1.54, 1.807) is 12.1 Å². The smallest absolute Gasteiger partial charge is 0.176 e. The maximum atomic E-state index is 10.9. The zero-order chi connectivity index (χ0) is 15.8. The summed E-state index contributed by atoms with van der Waals surface area (Å²) >= 11 is 0. The fourth-order valence-electron chi connectivity index (χ4n) is 3.97. The zero-order valence-electron chi connectivity index (χ0n) is 13.1. The Balaban J connectivity index is 1.47. The van der Waals surface area contributed by atoms with E-state index in [0.29, 0.717) is 13.2 Å². The summed E-state index contributed by atoms with van der Waals surface area (Å²) in [6.45, 7) is 2.97. The molecule has 3 saturated heterocycles. The molecule has 3 aliphatic rings. The first-order chi connectivity index (χ1) is 11.2. The first-order valence-electron chi connectivity index (χ1n) is 8.43. The van der Waals surface area contributed by atoms with Gasteiger partial charge in [0.15, 0.2) is 6.29 Å². The number of phenols is 1. The van der Waals surface area contributed by atoms with Crippen LogP contribution in [0.4, 0.5) is 0 Å². The fraction of sp³-hybridized carbons (Fsp3) is 0.647. The highest BCUT2D eigenvalue weighted by Crippen LogP contribution is 2.33. The lowest BCUT2D eigenvalue weighted by Gasteiger charge is -2.42. The second kappa shape index (κ2) is 6.37. The van der Waals surface area contributed by atoms with Crippen LogP contribution in [0, 0.1) is 0 Å². The van der Waals surface area contributed by atoms with Gasteiger partial charge in [-0.15, -0.1) is 0 Å². The second-order valence-corrected chi connectivity index (χ2v) is 6.64. The molecule has 0 aromatic heterocycles. The van der Waals surface area contributed by atoms with Crippen molar-refractivity contribution >= 4 is 0 Å². The first kappa shape index (κ1) is 15.4. The van der Waals surface area contributed by atoms with Crippen molar-refractivity contribution < 1.29 is 19.7 Å². The minimum absolute atomic E-state index is 0.113. The number of rotatable bonds is 4. The SMILES string of the molecule is Oc1ccccc1CN[C@@H]1[C@H](O)[C@@H](N2CCCC2)[C@@H]2OC[C@@H]1O2. The van der Waals surface area contributed by atoms with E-state index in [2.05, 4.69) is 10.2 Å². The van der Waals surface area contributed by atoms with E-state index in [1.807, 2.05) is 12.1 Å². The normalized spacial score (nSPS) is 37.3. The van der Waals surface area contributed by atoms with Gasteiger partial charge in [-0.25, -0.2) is 0 Å². The highest BCUT2D eigenvalue weighted by molar-refractivity contribution is 5.31. The summed E-state index contributed by atoms with van der Waals surface area (Å²) in [5.41, 5.74) is 0.818. The van der Waals surface area contributed by atoms with Crippen LogP contribution in [0.25, 0.3) is 0 Å². The van der Waals surface area contributed by atoms with Crippen LogP contribution in [-0.4, -0.2) is 65.4 Å². The number of fused-ring (bicyclic) bond motifs is 2. The van der Waals surface area contributed by atoms with Crippen molar-refractivity contribution in [3.8, 4) is 5.75 Å². The average molecular weight is 320 g/mol. The molecule has 3 N–H and O–H groups in total. The van der Waals surface area contributed by atoms with Crippen molar-refractivity contribution in [3.63, 3.8) is 0 Å². The molecule has 5 atom stereocenters. The van der Waals surface area contributed by atoms with E-state index in [9.17, 15) is 10.2 Å². The Morgan fingerprint density at radius 3 is 2.78 bits per heavy atom. The average Bonchev–Trinajstić information content (AvgIpc) is 3.21. The van der Waals surface area contributed by atoms with E-state index >= 15 is 0 Å². The Bertz CT molecular complexity index is 547. The van der Waals surface area contributed by atoms with Crippen molar-refractivity contribution in [2.45, 2.75) is 50.0 Å². The minimum atomic E-state index is -0.537. The third-order valence-corrected chi connectivity index (χ3v) is 5.21. The number of benzene rings is 1. The lowest BCUT2D eigenvalue weighted by Crippen LogP contribution is -2.63. The van der Waals surface area contributed by atoms with E-state index < -0.39 is 6.10 Å². The van der Waals surface area contributed by atoms with Gasteiger partial charge in [0.2, 0.25) is 0 Å². The molecule has 6 nitrogen and oxygen atoms in total. The molecule has 3 heterocycles. The molecule has 0 aliphatic carbocycles. The number of nitrogens with one attached hydrogen (secondary N) is 1. The van der Waals surface area contributed by atoms with Crippen LogP contribution in [0.3, 0.4) is 0 Å². The number of phenolic OH excluding ortho intramolecular Hbond substituents is 1. The van der Waals surface area contributed by atoms with E-state index in [4.69, 9.17) is 9.47 Å². The zero-order valence-corrected chi connectivity index (χ0v) is 13.1. The lowest BCUT2D eigenvalue weighted by molar-refractivity contribution is -0.179. The molecule has 126 valence electrons. The van der Waals surface area contributed by atoms with Crippen LogP contribution in [0.15, 0.2) is 24.3 Å². The molecule has 3 aliphatic heterocycles. The molecule has 0 spiro atoms. The molecule has 1 aromatic carbocycles. The van der Waals surface area contributed by atoms with Crippen LogP contribution < -0.4 is 5.32 Å². The topological polar surface area (TPSA) is 74.2 Å². The van der Waals surface area contributed by atoms with Gasteiger partial charge in [-0.2, -0.15) is 0 Å². The van der Waals surface area contributed by atoms with Crippen molar-refractivity contribution in [2.24, 2.45) is 0 Å². The molecule has 3 fully saturated rings. The second-order valence-electron chi connectivity index (χ2n) is 6.64. The van der Waals surface area contributed by atoms with Gasteiger partial charge in [0.05, 0.1) is 24.8 Å². The van der Waals surface area contributed by atoms with Gasteiger partial charge >= 0.3 is 0 Å². The third-order valence-electron chi connectivity index (χ3n) is 5.21. The Labute approximate surface area is 136 Å². The van der Waals surface area contributed by atoms with Gasteiger partial charge in [0, 0.05) is 12.1 Å². The predicted molar refractivity (Wildman–Crippen MR) is 83.9 cm³/mol. The highest BCUT2D eigenvalue weighted by atomic mass is 16.7. The number of para-hydroxylation sites is 1. The first-order valence-corrected chi connectivity index (χ1v) is 8.43. The summed E-state index contributed by atoms with van der Waals surface area (Å²) < 4.78 is 11.7. The number of likely N-dealkylation sites (tertiary alicyclic amines) is 1. The van der Waals surface area contributed by atoms with Gasteiger partial charge < -0.3 is 25.0 Å². The Hall–Kier alpha value is -1.18. The monoisotopic (exact) mass is 320 g/mol. The molecule has 0 radical (unpaired) electrons. The van der Waals surface area contributed by atoms with Crippen LogP contribution in [0.5, 0.6) is 5.75 Å². The lowest BCUT2D eigenvalue weighted by atomic mass is 9.94. The number of hydrogen-bond acceptors (Lipinski definition) is 6. The molecular formula is C17H24N2O4. The molecule has 4 rings (SSSR count). The van der Waals surface area contributed by atoms with Gasteiger partial charge in [-0.05, 0) is 32.0 Å². The molecule has 0 unspecified atom stereocenters. The number of nitrogens with zero attached hydrogens (tertiary/aromatic N) is 1. The Morgan fingerprint density at radius 1 is 1.22 bits per heavy atom. The van der Waals surface area contributed by atoms with Crippen LogP contribution in [0.2, 0.25) is 0 Å². The van der Waals surface area contributed by atoms with Crippen molar-refractivity contribution in [3.05, 3.63) is 29.8 Å². The van der Waals surface area contributed by atoms with Gasteiger partial charge in [-0.1, -0.05) is 18.2 Å². The number of hydrogen-bond donors (Lipinski definition) is 3. The minimum Gasteiger partial charge on any atom is -0.508 e. The molecule has 6 heteroatoms. The van der Waals surface area contributed by atoms with Crippen molar-refractivity contribution in [2.75, 3.05) is 19.7 Å². The van der Waals surface area contributed by atoms with Crippen LogP contribution >= 0.6 is 0 Å². The third kappa shape index (κ3) is 2.86. The number of aliphatic hydroxyl groups excluding tert-OH is 1.